The summed E-state index contributed by atoms with van der Waals surface area (Å²) in [5.74, 6) is 0. The Balaban J connectivity index is -0.00000000286. The van der Waals surface area contributed by atoms with Crippen LogP contribution in [0.15, 0.2) is 0 Å². The van der Waals surface area contributed by atoms with E-state index >= 15 is 0 Å². The molecular weight excluding hydrogens is 250 g/mol. The second kappa shape index (κ2) is 15.0. The number of hydrogen-bond donors (Lipinski definition) is 2. The molecule has 1 radical (unpaired) electrons. The molecule has 0 aromatic heterocycles. The maximum absolute atomic E-state index is 8.74. The first-order valence-electron chi connectivity index (χ1n) is 0.698. The van der Waals surface area contributed by atoms with E-state index < -0.39 is 10.4 Å². The van der Waals surface area contributed by atoms with Gasteiger partial charge in [0, 0.05) is 18.6 Å². The van der Waals surface area contributed by atoms with Crippen molar-refractivity contribution in [2.24, 2.45) is 0 Å². The first-order valence-corrected chi connectivity index (χ1v) is 2.10. The second-order valence-corrected chi connectivity index (χ2v) is 1.34. The Hall–Kier alpha value is 4.49. The van der Waals surface area contributed by atoms with Crippen molar-refractivity contribution in [1.29, 1.82) is 0 Å². The van der Waals surface area contributed by atoms with Crippen LogP contribution in [0.2, 0.25) is 0 Å². The summed E-state index contributed by atoms with van der Waals surface area (Å²) in [5, 5.41) is 0. The van der Waals surface area contributed by atoms with Crippen LogP contribution < -0.4 is 103 Å². The molecule has 0 aromatic carbocycles. The van der Waals surface area contributed by atoms with Crippen molar-refractivity contribution in [1.82, 2.24) is 0 Å². The Labute approximate surface area is 173 Å². The molecule has 0 aliphatic carbocycles. The third-order valence-corrected chi connectivity index (χ3v) is 0. The fourth-order valence-corrected chi connectivity index (χ4v) is 0. The van der Waals surface area contributed by atoms with E-state index in [0.717, 1.165) is 0 Å². The third-order valence-electron chi connectivity index (χ3n) is 0. The molecule has 0 bridgehead atoms. The molecule has 45 valence electrons. The average Bonchev–Trinajstić information content (AvgIpc) is 0.722. The Morgan fingerprint density at radius 3 is 1.11 bits per heavy atom. The number of hydrogen-bond acceptors (Lipinski definition) is 2. The summed E-state index contributed by atoms with van der Waals surface area (Å²) >= 11 is 0. The van der Waals surface area contributed by atoms with Gasteiger partial charge in [0.25, 0.3) is 0 Å². The molecule has 0 fully saturated rings. The molecule has 0 spiro atoms. The van der Waals surface area contributed by atoms with E-state index in [9.17, 15) is 0 Å². The Kier molecular flexibility index (Phi) is 48.6. The summed E-state index contributed by atoms with van der Waals surface area (Å²) in [7, 11) is -4.67. The molecule has 0 rings (SSSR count). The Bertz CT molecular complexity index is 113. The zero-order valence-corrected chi connectivity index (χ0v) is 15.1. The first kappa shape index (κ1) is 29.2. The SMILES string of the molecule is O=S(=O)(O)O.[H-].[H-].[H-].[H-].[K+].[K+].[Mg+2].[V]. The summed E-state index contributed by atoms with van der Waals surface area (Å²) in [6.07, 6.45) is 0. The minimum atomic E-state index is -4.67. The topological polar surface area (TPSA) is 74.6 Å². The molecule has 2 N–H and O–H groups in total. The molecule has 4 nitrogen and oxygen atoms in total. The fourth-order valence-electron chi connectivity index (χ4n) is 0. The second-order valence-electron chi connectivity index (χ2n) is 0.448. The molecule has 0 atom stereocenters. The van der Waals surface area contributed by atoms with E-state index in [1.807, 2.05) is 0 Å². The summed E-state index contributed by atoms with van der Waals surface area (Å²) in [5.41, 5.74) is 0. The van der Waals surface area contributed by atoms with Gasteiger partial charge in [-0.3, -0.25) is 9.11 Å². The minimum Gasteiger partial charge on any atom is -1.00 e. The van der Waals surface area contributed by atoms with E-state index in [1.54, 1.807) is 0 Å². The van der Waals surface area contributed by atoms with Gasteiger partial charge in [-0.15, -0.1) is 0 Å². The molecule has 0 amide bonds. The van der Waals surface area contributed by atoms with Gasteiger partial charge in [0.15, 0.2) is 0 Å². The Morgan fingerprint density at radius 2 is 1.11 bits per heavy atom. The zero-order valence-electron chi connectivity index (χ0n) is 9.27. The maximum atomic E-state index is 8.74. The van der Waals surface area contributed by atoms with Gasteiger partial charge in [-0.2, -0.15) is 8.42 Å². The maximum Gasteiger partial charge on any atom is 2.00 e. The van der Waals surface area contributed by atoms with Crippen LogP contribution in [-0.2, 0) is 29.0 Å². The third kappa shape index (κ3) is 68.1. The van der Waals surface area contributed by atoms with Gasteiger partial charge >= 0.3 is 136 Å². The van der Waals surface area contributed by atoms with Gasteiger partial charge in [-0.1, -0.05) is 0 Å². The van der Waals surface area contributed by atoms with E-state index in [4.69, 9.17) is 17.5 Å². The van der Waals surface area contributed by atoms with Crippen molar-refractivity contribution in [2.75, 3.05) is 0 Å². The molecule has 0 heterocycles. The van der Waals surface area contributed by atoms with E-state index in [1.165, 1.54) is 0 Å². The Morgan fingerprint density at radius 1 is 1.11 bits per heavy atom. The fraction of sp³-hybridized carbons (Fsp3) is 0. The van der Waals surface area contributed by atoms with Crippen molar-refractivity contribution in [2.45, 2.75) is 0 Å². The van der Waals surface area contributed by atoms with Gasteiger partial charge in [-0.25, -0.2) is 0 Å². The van der Waals surface area contributed by atoms with Crippen LogP contribution in [0.3, 0.4) is 0 Å². The monoisotopic (exact) mass is 255 g/mol. The van der Waals surface area contributed by atoms with Crippen LogP contribution in [0.4, 0.5) is 0 Å². The molecule has 9 heavy (non-hydrogen) atoms. The van der Waals surface area contributed by atoms with E-state index in [0.29, 0.717) is 0 Å². The molecule has 9 heteroatoms. The number of rotatable bonds is 0. The van der Waals surface area contributed by atoms with Crippen LogP contribution in [-0.4, -0.2) is 40.6 Å². The van der Waals surface area contributed by atoms with Gasteiger partial charge in [0.2, 0.25) is 0 Å². The van der Waals surface area contributed by atoms with Crippen LogP contribution in [0.1, 0.15) is 5.71 Å². The molecule has 0 unspecified atom stereocenters. The molecule has 0 aromatic rings. The van der Waals surface area contributed by atoms with Crippen molar-refractivity contribution in [3.63, 3.8) is 0 Å². The summed E-state index contributed by atoms with van der Waals surface area (Å²) < 4.78 is 31.6. The van der Waals surface area contributed by atoms with E-state index in [2.05, 4.69) is 0 Å². The van der Waals surface area contributed by atoms with Crippen LogP contribution >= 0.6 is 0 Å². The van der Waals surface area contributed by atoms with Gasteiger partial charge in [-0.05, 0) is 0 Å². The van der Waals surface area contributed by atoms with E-state index in [-0.39, 0.29) is 150 Å². The van der Waals surface area contributed by atoms with Gasteiger partial charge < -0.3 is 5.71 Å². The standard InChI is InChI=1S/2K.Mg.H2O4S.V.4H/c;;;1-5(2,3)4;;;;;/h;;;(H2,1,2,3,4);;;;;/q2*+1;+2;;;4*-1. The summed E-state index contributed by atoms with van der Waals surface area (Å²) in [6.45, 7) is 0. The largest absolute Gasteiger partial charge is 2.00 e. The molecule has 0 saturated carbocycles. The normalized spacial score (nSPS) is 6.44. The van der Waals surface area contributed by atoms with Crippen molar-refractivity contribution < 1.29 is 145 Å². The van der Waals surface area contributed by atoms with Crippen LogP contribution in [0.5, 0.6) is 0 Å². The summed E-state index contributed by atoms with van der Waals surface area (Å²) in [4.78, 5) is 0. The molecule has 0 aliphatic heterocycles. The zero-order chi connectivity index (χ0) is 4.50. The predicted octanol–water partition coefficient (Wildman–Crippen LogP) is -6.58. The van der Waals surface area contributed by atoms with Crippen molar-refractivity contribution in [3.05, 3.63) is 0 Å². The molecule has 0 saturated heterocycles. The van der Waals surface area contributed by atoms with Crippen molar-refractivity contribution in [3.8, 4) is 0 Å². The van der Waals surface area contributed by atoms with Crippen LogP contribution in [0, 0.1) is 0 Å². The molecule has 0 aliphatic rings. The minimum absolute atomic E-state index is 0. The van der Waals surface area contributed by atoms with Gasteiger partial charge in [0.05, 0.1) is 0 Å². The quantitative estimate of drug-likeness (QED) is 0.333. The smallest absolute Gasteiger partial charge is 1.00 e. The predicted molar refractivity (Wildman–Crippen MR) is 24.4 cm³/mol. The first-order chi connectivity index (χ1) is 2.00. The summed E-state index contributed by atoms with van der Waals surface area (Å²) in [6, 6.07) is 0. The van der Waals surface area contributed by atoms with Gasteiger partial charge in [0.1, 0.15) is 0 Å². The molecular formula is H6K2MgO4SV. The van der Waals surface area contributed by atoms with Crippen molar-refractivity contribution >= 4 is 33.5 Å². The average molecular weight is 256 g/mol. The van der Waals surface area contributed by atoms with Crippen LogP contribution in [0.25, 0.3) is 0 Å².